The number of ether oxygens (including phenoxy) is 2. The Bertz CT molecular complexity index is 792. The van der Waals surface area contributed by atoms with E-state index in [2.05, 4.69) is 10.6 Å². The van der Waals surface area contributed by atoms with Crippen molar-refractivity contribution in [3.63, 3.8) is 0 Å². The van der Waals surface area contributed by atoms with Crippen molar-refractivity contribution in [1.29, 1.82) is 0 Å². The number of anilines is 2. The molecule has 2 aromatic carbocycles. The van der Waals surface area contributed by atoms with E-state index < -0.39 is 17.8 Å². The van der Waals surface area contributed by atoms with Gasteiger partial charge in [-0.1, -0.05) is 12.1 Å². The average Bonchev–Trinajstić information content (AvgIpc) is 2.59. The fourth-order valence-corrected chi connectivity index (χ4v) is 2.12. The van der Waals surface area contributed by atoms with Gasteiger partial charge in [-0.2, -0.15) is 13.2 Å². The van der Waals surface area contributed by atoms with Crippen molar-refractivity contribution in [1.82, 2.24) is 0 Å². The van der Waals surface area contributed by atoms with E-state index in [4.69, 9.17) is 9.47 Å². The van der Waals surface area contributed by atoms with Crippen LogP contribution in [0.15, 0.2) is 48.5 Å². The van der Waals surface area contributed by atoms with E-state index in [0.717, 1.165) is 12.1 Å². The van der Waals surface area contributed by atoms with Crippen LogP contribution in [0.5, 0.6) is 5.75 Å². The van der Waals surface area contributed by atoms with Crippen molar-refractivity contribution in [3.05, 3.63) is 54.1 Å². The largest absolute Gasteiger partial charge is 0.490 e. The van der Waals surface area contributed by atoms with E-state index in [0.29, 0.717) is 11.4 Å². The second kappa shape index (κ2) is 8.93. The van der Waals surface area contributed by atoms with Gasteiger partial charge in [0, 0.05) is 12.6 Å². The fraction of sp³-hybridized carbons (Fsp3) is 0.222. The molecule has 0 radical (unpaired) electrons. The molecule has 2 N–H and O–H groups in total. The van der Waals surface area contributed by atoms with Gasteiger partial charge in [0.15, 0.2) is 0 Å². The number of para-hydroxylation sites is 1. The van der Waals surface area contributed by atoms with Crippen molar-refractivity contribution >= 4 is 23.4 Å². The van der Waals surface area contributed by atoms with E-state index >= 15 is 0 Å². The van der Waals surface area contributed by atoms with E-state index in [1.54, 1.807) is 24.3 Å². The second-order valence-electron chi connectivity index (χ2n) is 5.36. The van der Waals surface area contributed by atoms with Gasteiger partial charge in [0.05, 0.1) is 11.3 Å². The third-order valence-corrected chi connectivity index (χ3v) is 3.23. The summed E-state index contributed by atoms with van der Waals surface area (Å²) in [7, 11) is 0. The molecule has 0 aliphatic heterocycles. The fourth-order valence-electron chi connectivity index (χ4n) is 2.12. The highest BCUT2D eigenvalue weighted by atomic mass is 19.4. The predicted octanol–water partition coefficient (Wildman–Crippen LogP) is 4.29. The molecule has 2 amide bonds. The molecule has 0 unspecified atom stereocenters. The molecule has 9 heteroatoms. The molecular weight excluding hydrogens is 365 g/mol. The third kappa shape index (κ3) is 6.53. The first-order chi connectivity index (χ1) is 12.8. The van der Waals surface area contributed by atoms with Gasteiger partial charge in [0.2, 0.25) is 5.91 Å². The quantitative estimate of drug-likeness (QED) is 0.731. The molecule has 2 aromatic rings. The number of carbonyl (C=O) groups excluding carboxylic acids is 2. The summed E-state index contributed by atoms with van der Waals surface area (Å²) in [5.74, 6) is 0.283. The number of alkyl halides is 3. The number of hydrogen-bond acceptors (Lipinski definition) is 4. The summed E-state index contributed by atoms with van der Waals surface area (Å²) in [5, 5.41) is 4.66. The minimum absolute atomic E-state index is 0.00776. The van der Waals surface area contributed by atoms with Crippen molar-refractivity contribution in [2.45, 2.75) is 13.1 Å². The van der Waals surface area contributed by atoms with Gasteiger partial charge in [-0.3, -0.25) is 10.1 Å². The van der Waals surface area contributed by atoms with Crippen molar-refractivity contribution in [2.75, 3.05) is 23.8 Å². The Morgan fingerprint density at radius 1 is 0.963 bits per heavy atom. The van der Waals surface area contributed by atoms with E-state index in [9.17, 15) is 22.8 Å². The maximum atomic E-state index is 12.9. The van der Waals surface area contributed by atoms with E-state index in [-0.39, 0.29) is 24.8 Å². The summed E-state index contributed by atoms with van der Waals surface area (Å²) in [6.07, 6.45) is -5.60. The summed E-state index contributed by atoms with van der Waals surface area (Å²) in [6, 6.07) is 11.1. The van der Waals surface area contributed by atoms with Gasteiger partial charge in [-0.05, 0) is 36.4 Å². The van der Waals surface area contributed by atoms with Crippen LogP contribution in [0.1, 0.15) is 12.5 Å². The lowest BCUT2D eigenvalue weighted by Gasteiger charge is -2.13. The Labute approximate surface area is 153 Å². The number of halogens is 3. The smallest absolute Gasteiger partial charge is 0.418 e. The Balaban J connectivity index is 1.78. The molecule has 144 valence electrons. The normalized spacial score (nSPS) is 10.8. The first kappa shape index (κ1) is 20.1. The highest BCUT2D eigenvalue weighted by Gasteiger charge is 2.33. The molecule has 0 spiro atoms. The van der Waals surface area contributed by atoms with Crippen molar-refractivity contribution in [3.8, 4) is 5.75 Å². The zero-order valence-electron chi connectivity index (χ0n) is 14.3. The number of amides is 2. The minimum Gasteiger partial charge on any atom is -0.490 e. The van der Waals surface area contributed by atoms with Gasteiger partial charge in [0.25, 0.3) is 0 Å². The summed E-state index contributed by atoms with van der Waals surface area (Å²) < 4.78 is 48.7. The lowest BCUT2D eigenvalue weighted by molar-refractivity contribution is -0.136. The number of benzene rings is 2. The molecule has 2 rings (SSSR count). The Hall–Kier alpha value is -3.23. The maximum Gasteiger partial charge on any atom is 0.418 e. The van der Waals surface area contributed by atoms with E-state index in [1.165, 1.54) is 19.1 Å². The van der Waals surface area contributed by atoms with Crippen LogP contribution < -0.4 is 15.4 Å². The molecule has 0 saturated carbocycles. The first-order valence-corrected chi connectivity index (χ1v) is 7.86. The summed E-state index contributed by atoms with van der Waals surface area (Å²) in [5.41, 5.74) is -0.740. The number of carbonyl (C=O) groups is 2. The van der Waals surface area contributed by atoms with Crippen LogP contribution in [-0.2, 0) is 15.7 Å². The monoisotopic (exact) mass is 382 g/mol. The lowest BCUT2D eigenvalue weighted by atomic mass is 10.2. The molecule has 27 heavy (non-hydrogen) atoms. The molecule has 0 aliphatic carbocycles. The lowest BCUT2D eigenvalue weighted by Crippen LogP contribution is -2.20. The highest BCUT2D eigenvalue weighted by molar-refractivity contribution is 5.88. The molecule has 0 aromatic heterocycles. The van der Waals surface area contributed by atoms with Crippen LogP contribution >= 0.6 is 0 Å². The van der Waals surface area contributed by atoms with Crippen molar-refractivity contribution in [2.24, 2.45) is 0 Å². The van der Waals surface area contributed by atoms with Crippen LogP contribution in [0.2, 0.25) is 0 Å². The highest BCUT2D eigenvalue weighted by Crippen LogP contribution is 2.34. The molecule has 6 nitrogen and oxygen atoms in total. The van der Waals surface area contributed by atoms with Gasteiger partial charge in [0.1, 0.15) is 19.0 Å². The first-order valence-electron chi connectivity index (χ1n) is 7.86. The van der Waals surface area contributed by atoms with Crippen molar-refractivity contribution < 1.29 is 32.2 Å². The third-order valence-electron chi connectivity index (χ3n) is 3.23. The van der Waals surface area contributed by atoms with Gasteiger partial charge >= 0.3 is 12.3 Å². The van der Waals surface area contributed by atoms with Crippen LogP contribution in [0.4, 0.5) is 29.3 Å². The molecular formula is C18H17F3N2O4. The number of rotatable bonds is 6. The van der Waals surface area contributed by atoms with Gasteiger partial charge in [-0.15, -0.1) is 0 Å². The zero-order valence-corrected chi connectivity index (χ0v) is 14.3. The molecule has 0 atom stereocenters. The number of hydrogen-bond donors (Lipinski definition) is 2. The Morgan fingerprint density at radius 2 is 1.63 bits per heavy atom. The molecule has 0 heterocycles. The van der Waals surface area contributed by atoms with Crippen LogP contribution in [0.3, 0.4) is 0 Å². The second-order valence-corrected chi connectivity index (χ2v) is 5.36. The molecule has 0 saturated heterocycles. The molecule has 0 bridgehead atoms. The maximum absolute atomic E-state index is 12.9. The SMILES string of the molecule is CC(=O)Nc1ccc(OCCOC(=O)Nc2ccccc2C(F)(F)F)cc1. The number of nitrogens with one attached hydrogen (secondary N) is 2. The van der Waals surface area contributed by atoms with Crippen LogP contribution in [0.25, 0.3) is 0 Å². The Morgan fingerprint density at radius 3 is 2.26 bits per heavy atom. The summed E-state index contributed by atoms with van der Waals surface area (Å²) in [6.45, 7) is 1.24. The standard InChI is InChI=1S/C18H17F3N2O4/c1-12(24)22-13-6-8-14(9-7-13)26-10-11-27-17(25)23-16-5-3-2-4-15(16)18(19,20)21/h2-9H,10-11H2,1H3,(H,22,24)(H,23,25). The average molecular weight is 382 g/mol. The van der Waals surface area contributed by atoms with E-state index in [1.807, 2.05) is 0 Å². The van der Waals surface area contributed by atoms with Crippen LogP contribution in [0, 0.1) is 0 Å². The topological polar surface area (TPSA) is 76.7 Å². The predicted molar refractivity (Wildman–Crippen MR) is 92.7 cm³/mol. The minimum atomic E-state index is -4.59. The Kier molecular flexibility index (Phi) is 6.64. The molecule has 0 fully saturated rings. The zero-order chi connectivity index (χ0) is 19.9. The summed E-state index contributed by atoms with van der Waals surface area (Å²) >= 11 is 0. The summed E-state index contributed by atoms with van der Waals surface area (Å²) in [4.78, 5) is 22.6. The van der Waals surface area contributed by atoms with Crippen LogP contribution in [-0.4, -0.2) is 25.2 Å². The van der Waals surface area contributed by atoms with Gasteiger partial charge < -0.3 is 14.8 Å². The molecule has 0 aliphatic rings. The van der Waals surface area contributed by atoms with Gasteiger partial charge in [-0.25, -0.2) is 4.79 Å².